The number of nitrogens with zero attached hydrogens (tertiary/aromatic N) is 2. The summed E-state index contributed by atoms with van der Waals surface area (Å²) in [7, 11) is 1.70. The summed E-state index contributed by atoms with van der Waals surface area (Å²) in [6, 6.07) is 6.95. The SMILES string of the molecule is CCNC(=NCC1(c2ccc(F)cc2)CCC1)N1CCC(CC(=O)NC)CC1.I. The first-order valence-corrected chi connectivity index (χ1v) is 10.6. The van der Waals surface area contributed by atoms with Gasteiger partial charge in [-0.2, -0.15) is 0 Å². The van der Waals surface area contributed by atoms with Crippen LogP contribution in [0.5, 0.6) is 0 Å². The number of amides is 1. The van der Waals surface area contributed by atoms with Crippen molar-refractivity contribution in [3.8, 4) is 0 Å². The first-order chi connectivity index (χ1) is 13.6. The normalized spacial score (nSPS) is 19.1. The van der Waals surface area contributed by atoms with Crippen molar-refractivity contribution in [2.24, 2.45) is 10.9 Å². The fourth-order valence-electron chi connectivity index (χ4n) is 4.31. The molecule has 1 saturated heterocycles. The molecule has 2 fully saturated rings. The third kappa shape index (κ3) is 6.06. The average Bonchev–Trinajstić information content (AvgIpc) is 2.68. The zero-order valence-electron chi connectivity index (χ0n) is 17.5. The van der Waals surface area contributed by atoms with E-state index in [1.165, 1.54) is 12.0 Å². The lowest BCUT2D eigenvalue weighted by atomic mass is 9.64. The van der Waals surface area contributed by atoms with Crippen molar-refractivity contribution < 1.29 is 9.18 Å². The van der Waals surface area contributed by atoms with E-state index < -0.39 is 0 Å². The largest absolute Gasteiger partial charge is 0.359 e. The Hall–Kier alpha value is -1.38. The van der Waals surface area contributed by atoms with Crippen molar-refractivity contribution in [1.29, 1.82) is 0 Å². The highest BCUT2D eigenvalue weighted by molar-refractivity contribution is 14.0. The number of halogens is 2. The van der Waals surface area contributed by atoms with E-state index in [1.807, 2.05) is 12.1 Å². The number of rotatable bonds is 6. The van der Waals surface area contributed by atoms with Crippen LogP contribution in [0.3, 0.4) is 0 Å². The van der Waals surface area contributed by atoms with Gasteiger partial charge in [-0.05, 0) is 56.2 Å². The van der Waals surface area contributed by atoms with Gasteiger partial charge in [-0.15, -0.1) is 24.0 Å². The van der Waals surface area contributed by atoms with Gasteiger partial charge in [0.25, 0.3) is 0 Å². The standard InChI is InChI=1S/C22H33FN4O.HI/c1-3-25-21(27-13-9-17(10-14-27)15-20(28)24-2)26-16-22(11-4-12-22)18-5-7-19(23)8-6-18;/h5-8,17H,3-4,9-16H2,1-2H3,(H,24,28)(H,25,26);1H. The smallest absolute Gasteiger partial charge is 0.220 e. The number of likely N-dealkylation sites (tertiary alicyclic amines) is 1. The van der Waals surface area contributed by atoms with Crippen LogP contribution >= 0.6 is 24.0 Å². The second kappa shape index (κ2) is 11.1. The van der Waals surface area contributed by atoms with Crippen molar-refractivity contribution >= 4 is 35.8 Å². The summed E-state index contributed by atoms with van der Waals surface area (Å²) >= 11 is 0. The fraction of sp³-hybridized carbons (Fsp3) is 0.636. The number of piperidine rings is 1. The van der Waals surface area contributed by atoms with Crippen molar-refractivity contribution in [3.05, 3.63) is 35.6 Å². The third-order valence-electron chi connectivity index (χ3n) is 6.30. The van der Waals surface area contributed by atoms with Crippen LogP contribution < -0.4 is 10.6 Å². The topological polar surface area (TPSA) is 56.7 Å². The molecule has 5 nitrogen and oxygen atoms in total. The van der Waals surface area contributed by atoms with Gasteiger partial charge in [0.05, 0.1) is 6.54 Å². The predicted molar refractivity (Wildman–Crippen MR) is 126 cm³/mol. The lowest BCUT2D eigenvalue weighted by Gasteiger charge is -2.42. The number of carbonyl (C=O) groups is 1. The van der Waals surface area contributed by atoms with Gasteiger partial charge in [-0.3, -0.25) is 9.79 Å². The lowest BCUT2D eigenvalue weighted by Crippen LogP contribution is -2.47. The molecule has 1 aliphatic heterocycles. The zero-order chi connectivity index (χ0) is 20.0. The summed E-state index contributed by atoms with van der Waals surface area (Å²) in [5.41, 5.74) is 1.25. The highest BCUT2D eigenvalue weighted by Gasteiger charge is 2.38. The molecule has 162 valence electrons. The number of hydrogen-bond acceptors (Lipinski definition) is 2. The Balaban J connectivity index is 0.00000300. The number of carbonyl (C=O) groups excluding carboxylic acids is 1. The number of hydrogen-bond donors (Lipinski definition) is 2. The molecule has 2 N–H and O–H groups in total. The molecule has 7 heteroatoms. The second-order valence-corrected chi connectivity index (χ2v) is 8.12. The van der Waals surface area contributed by atoms with Gasteiger partial charge in [0, 0.05) is 38.5 Å². The first-order valence-electron chi connectivity index (χ1n) is 10.6. The van der Waals surface area contributed by atoms with Gasteiger partial charge < -0.3 is 15.5 Å². The Bertz CT molecular complexity index is 683. The fourth-order valence-corrected chi connectivity index (χ4v) is 4.31. The van der Waals surface area contributed by atoms with Crippen molar-refractivity contribution in [2.75, 3.05) is 33.2 Å². The summed E-state index contributed by atoms with van der Waals surface area (Å²) in [6.45, 7) is 5.51. The average molecular weight is 516 g/mol. The zero-order valence-corrected chi connectivity index (χ0v) is 19.9. The van der Waals surface area contributed by atoms with E-state index in [4.69, 9.17) is 4.99 Å². The highest BCUT2D eigenvalue weighted by atomic mass is 127. The van der Waals surface area contributed by atoms with Crippen molar-refractivity contribution in [3.63, 3.8) is 0 Å². The van der Waals surface area contributed by atoms with Crippen LogP contribution in [0, 0.1) is 11.7 Å². The summed E-state index contributed by atoms with van der Waals surface area (Å²) in [4.78, 5) is 18.9. The van der Waals surface area contributed by atoms with Crippen LogP contribution in [0.1, 0.15) is 51.0 Å². The molecule has 0 bridgehead atoms. The Morgan fingerprint density at radius 3 is 2.41 bits per heavy atom. The minimum absolute atomic E-state index is 0. The Morgan fingerprint density at radius 2 is 1.90 bits per heavy atom. The molecule has 1 aliphatic carbocycles. The predicted octanol–water partition coefficient (Wildman–Crippen LogP) is 3.68. The number of guanidine groups is 1. The van der Waals surface area contributed by atoms with Gasteiger partial charge >= 0.3 is 0 Å². The molecular weight excluding hydrogens is 482 g/mol. The van der Waals surface area contributed by atoms with Crippen LogP contribution in [-0.2, 0) is 10.2 Å². The summed E-state index contributed by atoms with van der Waals surface area (Å²) in [6.07, 6.45) is 6.06. The van der Waals surface area contributed by atoms with E-state index in [9.17, 15) is 9.18 Å². The molecule has 0 radical (unpaired) electrons. The highest BCUT2D eigenvalue weighted by Crippen LogP contribution is 2.44. The monoisotopic (exact) mass is 516 g/mol. The summed E-state index contributed by atoms with van der Waals surface area (Å²) < 4.78 is 13.3. The molecule has 1 aromatic carbocycles. The maximum Gasteiger partial charge on any atom is 0.220 e. The van der Waals surface area contributed by atoms with E-state index in [0.717, 1.165) is 57.8 Å². The van der Waals surface area contributed by atoms with Gasteiger partial charge in [0.2, 0.25) is 5.91 Å². The van der Waals surface area contributed by atoms with Crippen molar-refractivity contribution in [1.82, 2.24) is 15.5 Å². The molecule has 1 amide bonds. The maximum absolute atomic E-state index is 13.3. The lowest BCUT2D eigenvalue weighted by molar-refractivity contribution is -0.121. The molecule has 1 saturated carbocycles. The van der Waals surface area contributed by atoms with Crippen LogP contribution in [0.25, 0.3) is 0 Å². The van der Waals surface area contributed by atoms with Gasteiger partial charge in [-0.1, -0.05) is 18.6 Å². The molecule has 29 heavy (non-hydrogen) atoms. The maximum atomic E-state index is 13.3. The Kier molecular flexibility index (Phi) is 9.17. The van der Waals surface area contributed by atoms with Gasteiger partial charge in [0.1, 0.15) is 5.82 Å². The van der Waals surface area contributed by atoms with E-state index in [2.05, 4.69) is 22.5 Å². The molecule has 0 unspecified atom stereocenters. The second-order valence-electron chi connectivity index (χ2n) is 8.12. The van der Waals surface area contributed by atoms with Crippen LogP contribution in [0.4, 0.5) is 4.39 Å². The van der Waals surface area contributed by atoms with E-state index in [0.29, 0.717) is 12.3 Å². The van der Waals surface area contributed by atoms with E-state index in [1.54, 1.807) is 19.2 Å². The summed E-state index contributed by atoms with van der Waals surface area (Å²) in [5, 5.41) is 6.16. The van der Waals surface area contributed by atoms with Crippen LogP contribution in [0.15, 0.2) is 29.3 Å². The minimum Gasteiger partial charge on any atom is -0.359 e. The summed E-state index contributed by atoms with van der Waals surface area (Å²) in [5.74, 6) is 1.37. The molecule has 3 rings (SSSR count). The minimum atomic E-state index is -0.185. The number of nitrogens with one attached hydrogen (secondary N) is 2. The molecule has 0 spiro atoms. The van der Waals surface area contributed by atoms with Crippen LogP contribution in [0.2, 0.25) is 0 Å². The van der Waals surface area contributed by atoms with Crippen molar-refractivity contribution in [2.45, 2.75) is 50.9 Å². The number of benzene rings is 1. The molecule has 1 heterocycles. The molecule has 0 atom stereocenters. The van der Waals surface area contributed by atoms with E-state index >= 15 is 0 Å². The molecule has 0 aromatic heterocycles. The molecule has 1 aromatic rings. The molecular formula is C22H34FIN4O. The van der Waals surface area contributed by atoms with Gasteiger partial charge in [-0.25, -0.2) is 4.39 Å². The number of aliphatic imine (C=N–C) groups is 1. The van der Waals surface area contributed by atoms with Crippen LogP contribution in [-0.4, -0.2) is 50.0 Å². The van der Waals surface area contributed by atoms with E-state index in [-0.39, 0.29) is 41.1 Å². The van der Waals surface area contributed by atoms with Gasteiger partial charge in [0.15, 0.2) is 5.96 Å². The first kappa shape index (κ1) is 23.9. The quantitative estimate of drug-likeness (QED) is 0.345. The Labute approximate surface area is 190 Å². The Morgan fingerprint density at radius 1 is 1.24 bits per heavy atom. The third-order valence-corrected chi connectivity index (χ3v) is 6.30. The molecule has 2 aliphatic rings.